The quantitative estimate of drug-likeness (QED) is 0.227. The zero-order valence-corrected chi connectivity index (χ0v) is 20.9. The lowest BCUT2D eigenvalue weighted by molar-refractivity contribution is -0.146. The van der Waals surface area contributed by atoms with Gasteiger partial charge in [0.05, 0.1) is 19.6 Å². The van der Waals surface area contributed by atoms with Crippen LogP contribution in [0.25, 0.3) is 10.8 Å². The van der Waals surface area contributed by atoms with Gasteiger partial charge < -0.3 is 14.4 Å². The summed E-state index contributed by atoms with van der Waals surface area (Å²) in [5, 5.41) is 2.18. The summed E-state index contributed by atoms with van der Waals surface area (Å²) in [4.78, 5) is 26.5. The van der Waals surface area contributed by atoms with Crippen molar-refractivity contribution in [2.75, 3.05) is 27.3 Å². The van der Waals surface area contributed by atoms with Crippen LogP contribution < -0.4 is 0 Å². The normalized spacial score (nSPS) is 12.7. The lowest BCUT2D eigenvalue weighted by Crippen LogP contribution is -2.30. The molecule has 0 aromatic heterocycles. The summed E-state index contributed by atoms with van der Waals surface area (Å²) in [6.07, 6.45) is 0.597. The van der Waals surface area contributed by atoms with E-state index in [9.17, 15) is 14.2 Å². The number of nitrogens with zero attached hydrogens (tertiary/aromatic N) is 1. The number of ether oxygens (including phenoxy) is 2. The zero-order valence-electron chi connectivity index (χ0n) is 20.0. The summed E-state index contributed by atoms with van der Waals surface area (Å²) < 4.78 is 26.3. The topological polar surface area (TPSA) is 82.1 Å². The van der Waals surface area contributed by atoms with Gasteiger partial charge in [0.25, 0.3) is 0 Å². The van der Waals surface area contributed by atoms with E-state index in [1.807, 2.05) is 66.7 Å². The van der Waals surface area contributed by atoms with Gasteiger partial charge in [-0.2, -0.15) is 0 Å². The van der Waals surface area contributed by atoms with Crippen LogP contribution in [0.2, 0.25) is 0 Å². The highest BCUT2D eigenvalue weighted by molar-refractivity contribution is 7.17. The first-order valence-electron chi connectivity index (χ1n) is 11.5. The summed E-state index contributed by atoms with van der Waals surface area (Å²) in [5.41, 5.74) is 1.99. The van der Waals surface area contributed by atoms with Crippen molar-refractivity contribution in [3.05, 3.63) is 83.9 Å². The third kappa shape index (κ3) is 7.61. The lowest BCUT2D eigenvalue weighted by atomic mass is 9.84. The van der Waals surface area contributed by atoms with E-state index in [2.05, 4.69) is 6.07 Å². The Morgan fingerprint density at radius 3 is 2.43 bits per heavy atom. The highest BCUT2D eigenvalue weighted by Gasteiger charge is 2.27. The van der Waals surface area contributed by atoms with Gasteiger partial charge in [0.2, 0.25) is 0 Å². The monoisotopic (exact) mass is 495 g/mol. The Morgan fingerprint density at radius 2 is 1.69 bits per heavy atom. The van der Waals surface area contributed by atoms with E-state index < -0.39 is 26.7 Å². The second-order valence-electron chi connectivity index (χ2n) is 8.34. The first kappa shape index (κ1) is 26.3. The maximum Gasteiger partial charge on any atom is 0.409 e. The fourth-order valence-electron chi connectivity index (χ4n) is 4.14. The first-order chi connectivity index (χ1) is 17.0. The molecule has 0 N–H and O–H groups in total. The van der Waals surface area contributed by atoms with Crippen LogP contribution in [0, 0.1) is 5.92 Å². The molecule has 0 saturated carbocycles. The Hall–Kier alpha value is -3.28. The van der Waals surface area contributed by atoms with Crippen molar-refractivity contribution < 1.29 is 28.2 Å². The smallest absolute Gasteiger partial charge is 0.409 e. The molecule has 35 heavy (non-hydrogen) atoms. The molecule has 2 unspecified atom stereocenters. The average Bonchev–Trinajstić information content (AvgIpc) is 2.91. The average molecular weight is 496 g/mol. The van der Waals surface area contributed by atoms with Crippen molar-refractivity contribution in [2.24, 2.45) is 5.92 Å². The Kier molecular flexibility index (Phi) is 10.2. The summed E-state index contributed by atoms with van der Waals surface area (Å²) in [5.74, 6) is -1.10. The maximum absolute atomic E-state index is 12.6. The number of methoxy groups -OCH3 is 1. The third-order valence-corrected chi connectivity index (χ3v) is 6.28. The number of carbonyl (C=O) groups is 2. The van der Waals surface area contributed by atoms with Gasteiger partial charge in [-0.1, -0.05) is 72.8 Å². The van der Waals surface area contributed by atoms with Gasteiger partial charge in [0.15, 0.2) is 0 Å². The third-order valence-electron chi connectivity index (χ3n) is 6.02. The number of fused-ring (bicyclic) bond motifs is 1. The molecule has 0 radical (unpaired) electrons. The second-order valence-corrected chi connectivity index (χ2v) is 8.75. The van der Waals surface area contributed by atoms with Crippen LogP contribution in [0.5, 0.6) is 0 Å². The van der Waals surface area contributed by atoms with Crippen LogP contribution >= 0.6 is 8.69 Å². The van der Waals surface area contributed by atoms with Crippen LogP contribution in [0.15, 0.2) is 72.8 Å². The fraction of sp³-hybridized carbons (Fsp3) is 0.333. The van der Waals surface area contributed by atoms with E-state index in [0.717, 1.165) is 21.9 Å². The van der Waals surface area contributed by atoms with E-state index >= 15 is 0 Å². The van der Waals surface area contributed by atoms with Gasteiger partial charge in [0, 0.05) is 13.6 Å². The molecule has 0 spiro atoms. The van der Waals surface area contributed by atoms with Crippen molar-refractivity contribution in [1.82, 2.24) is 4.90 Å². The summed E-state index contributed by atoms with van der Waals surface area (Å²) >= 11 is 0. The van der Waals surface area contributed by atoms with Gasteiger partial charge >= 0.3 is 20.7 Å². The molecule has 0 heterocycles. The summed E-state index contributed by atoms with van der Waals surface area (Å²) in [6.45, 7) is 0.608. The predicted molar refractivity (Wildman–Crippen MR) is 134 cm³/mol. The second kappa shape index (κ2) is 13.6. The summed E-state index contributed by atoms with van der Waals surface area (Å²) in [7, 11) is 2.54. The van der Waals surface area contributed by atoms with Gasteiger partial charge in [-0.3, -0.25) is 9.32 Å². The number of hydrogen-bond donors (Lipinski definition) is 0. The van der Waals surface area contributed by atoms with E-state index in [-0.39, 0.29) is 19.1 Å². The molecule has 184 valence electrons. The van der Waals surface area contributed by atoms with Gasteiger partial charge in [-0.25, -0.2) is 9.36 Å². The van der Waals surface area contributed by atoms with Gasteiger partial charge in [0.1, 0.15) is 6.61 Å². The van der Waals surface area contributed by atoms with Crippen LogP contribution in [0.3, 0.4) is 0 Å². The minimum absolute atomic E-state index is 0.0199. The van der Waals surface area contributed by atoms with E-state index in [1.54, 1.807) is 11.9 Å². The summed E-state index contributed by atoms with van der Waals surface area (Å²) in [6, 6.07) is 23.6. The lowest BCUT2D eigenvalue weighted by Gasteiger charge is -2.25. The molecule has 0 saturated heterocycles. The first-order valence-corrected chi connectivity index (χ1v) is 12.2. The SMILES string of the molecule is COC(=O)C(COP=O)CC(CCN(C)C(=O)OCc1ccccc1)c1cccc2ccccc12. The fourth-order valence-corrected chi connectivity index (χ4v) is 4.38. The molecule has 2 atom stereocenters. The molecule has 8 heteroatoms. The molecular formula is C27H30NO6P. The number of benzene rings is 3. The Balaban J connectivity index is 1.76. The van der Waals surface area contributed by atoms with Crippen LogP contribution in [-0.2, 0) is 30.0 Å². The zero-order chi connectivity index (χ0) is 25.0. The van der Waals surface area contributed by atoms with E-state index in [1.165, 1.54) is 7.11 Å². The van der Waals surface area contributed by atoms with Gasteiger partial charge in [-0.05, 0) is 40.7 Å². The number of carbonyl (C=O) groups excluding carboxylic acids is 2. The van der Waals surface area contributed by atoms with Crippen LogP contribution in [0.4, 0.5) is 4.79 Å². The van der Waals surface area contributed by atoms with Crippen molar-refractivity contribution >= 4 is 31.5 Å². The highest BCUT2D eigenvalue weighted by Crippen LogP contribution is 2.33. The largest absolute Gasteiger partial charge is 0.469 e. The number of amides is 1. The number of rotatable bonds is 12. The Labute approximate surface area is 207 Å². The molecule has 3 aromatic rings. The maximum atomic E-state index is 12.6. The minimum atomic E-state index is -0.597. The van der Waals surface area contributed by atoms with Crippen molar-refractivity contribution in [3.63, 3.8) is 0 Å². The molecule has 7 nitrogen and oxygen atoms in total. The minimum Gasteiger partial charge on any atom is -0.469 e. The van der Waals surface area contributed by atoms with E-state index in [4.69, 9.17) is 14.0 Å². The molecule has 0 aliphatic carbocycles. The Bertz CT molecular complexity index is 1120. The van der Waals surface area contributed by atoms with Crippen molar-refractivity contribution in [2.45, 2.75) is 25.4 Å². The molecule has 3 aromatic carbocycles. The molecular weight excluding hydrogens is 465 g/mol. The number of hydrogen-bond acceptors (Lipinski definition) is 6. The molecule has 0 aliphatic heterocycles. The van der Waals surface area contributed by atoms with Crippen LogP contribution in [-0.4, -0.2) is 44.3 Å². The molecule has 3 rings (SSSR count). The van der Waals surface area contributed by atoms with Gasteiger partial charge in [-0.15, -0.1) is 0 Å². The Morgan fingerprint density at radius 1 is 0.971 bits per heavy atom. The van der Waals surface area contributed by atoms with Crippen LogP contribution in [0.1, 0.15) is 29.9 Å². The molecule has 0 aliphatic rings. The van der Waals surface area contributed by atoms with Crippen molar-refractivity contribution in [1.29, 1.82) is 0 Å². The molecule has 0 fully saturated rings. The van der Waals surface area contributed by atoms with Crippen molar-refractivity contribution in [3.8, 4) is 0 Å². The predicted octanol–water partition coefficient (Wildman–Crippen LogP) is 5.98. The molecule has 0 bridgehead atoms. The number of esters is 1. The highest BCUT2D eigenvalue weighted by atomic mass is 31.1. The molecule has 1 amide bonds. The van der Waals surface area contributed by atoms with E-state index in [0.29, 0.717) is 19.4 Å². The standard InChI is InChI=1S/C27H30NO6P/c1-28(27(30)33-18-20-9-4-3-5-10-20)16-15-22(17-23(19-34-35-31)26(29)32-2)25-14-8-12-21-11-6-7-13-24(21)25/h3-14,22-23H,15-19H2,1-2H3.